The Morgan fingerprint density at radius 2 is 1.93 bits per heavy atom. The van der Waals surface area contributed by atoms with Gasteiger partial charge in [-0.25, -0.2) is 0 Å². The van der Waals surface area contributed by atoms with Crippen LogP contribution in [0.4, 0.5) is 0 Å². The molecule has 2 nitrogen and oxygen atoms in total. The minimum atomic E-state index is 0.221. The number of aldehydes is 1. The van der Waals surface area contributed by atoms with Crippen LogP contribution in [0, 0.1) is 17.2 Å². The first-order valence-electron chi connectivity index (χ1n) is 4.84. The van der Waals surface area contributed by atoms with E-state index in [1.807, 2.05) is 32.1 Å². The molecule has 0 bridgehead atoms. The van der Waals surface area contributed by atoms with Crippen molar-refractivity contribution in [1.29, 1.82) is 5.26 Å². The Bertz CT molecular complexity index is 407. The maximum Gasteiger partial charge on any atom is 0.146 e. The Hall–Kier alpha value is -1.88. The van der Waals surface area contributed by atoms with Crippen LogP contribution >= 0.6 is 0 Å². The third kappa shape index (κ3) is 3.07. The molecule has 0 aliphatic heterocycles. The van der Waals surface area contributed by atoms with Crippen LogP contribution in [0.2, 0.25) is 0 Å². The lowest BCUT2D eigenvalue weighted by Crippen LogP contribution is -1.94. The minimum absolute atomic E-state index is 0.221. The monoisotopic (exact) mass is 199 g/mol. The van der Waals surface area contributed by atoms with Gasteiger partial charge in [-0.05, 0) is 35.3 Å². The highest BCUT2D eigenvalue weighted by Crippen LogP contribution is 2.13. The van der Waals surface area contributed by atoms with E-state index in [-0.39, 0.29) is 5.92 Å². The van der Waals surface area contributed by atoms with Crippen LogP contribution in [0.3, 0.4) is 0 Å². The van der Waals surface area contributed by atoms with Gasteiger partial charge in [-0.15, -0.1) is 0 Å². The van der Waals surface area contributed by atoms with Gasteiger partial charge >= 0.3 is 0 Å². The molecule has 0 saturated carbocycles. The largest absolute Gasteiger partial charge is 0.298 e. The van der Waals surface area contributed by atoms with Gasteiger partial charge in [-0.2, -0.15) is 5.26 Å². The van der Waals surface area contributed by atoms with E-state index in [4.69, 9.17) is 5.26 Å². The van der Waals surface area contributed by atoms with Crippen LogP contribution in [-0.4, -0.2) is 6.29 Å². The molecule has 1 aromatic carbocycles. The minimum Gasteiger partial charge on any atom is -0.298 e. The van der Waals surface area contributed by atoms with E-state index in [9.17, 15) is 4.79 Å². The van der Waals surface area contributed by atoms with Crippen molar-refractivity contribution in [3.63, 3.8) is 0 Å². The van der Waals surface area contributed by atoms with Crippen molar-refractivity contribution in [2.24, 2.45) is 5.92 Å². The molecule has 0 heterocycles. The van der Waals surface area contributed by atoms with Crippen LogP contribution in [0.5, 0.6) is 0 Å². The SMILES string of the molecule is CC(C)/C(C=O)=C/c1ccc(C#N)cc1. The number of allylic oxidation sites excluding steroid dienone is 1. The number of rotatable bonds is 3. The van der Waals surface area contributed by atoms with Crippen molar-refractivity contribution in [3.8, 4) is 6.07 Å². The smallest absolute Gasteiger partial charge is 0.146 e. The summed E-state index contributed by atoms with van der Waals surface area (Å²) in [6, 6.07) is 9.22. The van der Waals surface area contributed by atoms with Crippen molar-refractivity contribution in [1.82, 2.24) is 0 Å². The van der Waals surface area contributed by atoms with Gasteiger partial charge in [0.2, 0.25) is 0 Å². The molecule has 0 N–H and O–H groups in total. The van der Waals surface area contributed by atoms with E-state index in [0.29, 0.717) is 5.56 Å². The summed E-state index contributed by atoms with van der Waals surface area (Å²) in [7, 11) is 0. The molecule has 0 fully saturated rings. The van der Waals surface area contributed by atoms with E-state index in [2.05, 4.69) is 6.07 Å². The highest BCUT2D eigenvalue weighted by molar-refractivity contribution is 5.82. The molecule has 0 unspecified atom stereocenters. The molecule has 2 heteroatoms. The third-order valence-corrected chi connectivity index (χ3v) is 2.18. The first-order valence-corrected chi connectivity index (χ1v) is 4.84. The Kier molecular flexibility index (Phi) is 3.82. The fourth-order valence-corrected chi connectivity index (χ4v) is 1.18. The third-order valence-electron chi connectivity index (χ3n) is 2.18. The number of benzene rings is 1. The second-order valence-corrected chi connectivity index (χ2v) is 3.65. The molecule has 0 spiro atoms. The average Bonchev–Trinajstić information content (AvgIpc) is 2.26. The number of carbonyl (C=O) groups excluding carboxylic acids is 1. The van der Waals surface area contributed by atoms with Gasteiger partial charge in [-0.3, -0.25) is 4.79 Å². The fraction of sp³-hybridized carbons (Fsp3) is 0.231. The van der Waals surface area contributed by atoms with Crippen LogP contribution in [0.15, 0.2) is 29.8 Å². The van der Waals surface area contributed by atoms with Crippen molar-refractivity contribution in [3.05, 3.63) is 41.0 Å². The summed E-state index contributed by atoms with van der Waals surface area (Å²) in [5.74, 6) is 0.221. The summed E-state index contributed by atoms with van der Waals surface area (Å²) in [5.41, 5.74) is 2.34. The van der Waals surface area contributed by atoms with E-state index < -0.39 is 0 Å². The number of hydrogen-bond acceptors (Lipinski definition) is 2. The van der Waals surface area contributed by atoms with Gasteiger partial charge in [0, 0.05) is 0 Å². The van der Waals surface area contributed by atoms with Crippen LogP contribution in [-0.2, 0) is 4.79 Å². The summed E-state index contributed by atoms with van der Waals surface area (Å²) in [4.78, 5) is 10.8. The summed E-state index contributed by atoms with van der Waals surface area (Å²) in [5, 5.41) is 8.62. The highest BCUT2D eigenvalue weighted by Gasteiger charge is 2.01. The summed E-state index contributed by atoms with van der Waals surface area (Å²) >= 11 is 0. The van der Waals surface area contributed by atoms with Crippen LogP contribution in [0.25, 0.3) is 6.08 Å². The van der Waals surface area contributed by atoms with Crippen molar-refractivity contribution >= 4 is 12.4 Å². The lowest BCUT2D eigenvalue weighted by Gasteiger charge is -2.03. The number of nitriles is 1. The first kappa shape index (κ1) is 11.2. The van der Waals surface area contributed by atoms with Gasteiger partial charge in [0.1, 0.15) is 6.29 Å². The second-order valence-electron chi connectivity index (χ2n) is 3.65. The Morgan fingerprint density at radius 1 is 1.33 bits per heavy atom. The van der Waals surface area contributed by atoms with E-state index in [1.165, 1.54) is 0 Å². The number of carbonyl (C=O) groups is 1. The summed E-state index contributed by atoms with van der Waals surface area (Å²) < 4.78 is 0. The lowest BCUT2D eigenvalue weighted by molar-refractivity contribution is -0.105. The summed E-state index contributed by atoms with van der Waals surface area (Å²) in [6.07, 6.45) is 2.72. The first-order chi connectivity index (χ1) is 7.17. The molecule has 1 rings (SSSR count). The Morgan fingerprint density at radius 3 is 2.33 bits per heavy atom. The molecule has 15 heavy (non-hydrogen) atoms. The second kappa shape index (κ2) is 5.11. The predicted octanol–water partition coefficient (Wildman–Crippen LogP) is 2.80. The van der Waals surface area contributed by atoms with Crippen molar-refractivity contribution in [2.45, 2.75) is 13.8 Å². The topological polar surface area (TPSA) is 40.9 Å². The molecule has 0 radical (unpaired) electrons. The Balaban J connectivity index is 2.98. The quantitative estimate of drug-likeness (QED) is 0.554. The van der Waals surface area contributed by atoms with Crippen LogP contribution < -0.4 is 0 Å². The molecule has 0 saturated heterocycles. The molecule has 0 amide bonds. The van der Waals surface area contributed by atoms with Crippen molar-refractivity contribution < 1.29 is 4.79 Å². The maximum atomic E-state index is 10.8. The molecule has 0 atom stereocenters. The molecule has 1 aromatic rings. The number of hydrogen-bond donors (Lipinski definition) is 0. The van der Waals surface area contributed by atoms with E-state index in [1.54, 1.807) is 12.1 Å². The van der Waals surface area contributed by atoms with Gasteiger partial charge < -0.3 is 0 Å². The lowest BCUT2D eigenvalue weighted by atomic mass is 10.0. The molecule has 0 aromatic heterocycles. The zero-order valence-electron chi connectivity index (χ0n) is 8.90. The average molecular weight is 199 g/mol. The van der Waals surface area contributed by atoms with Gasteiger partial charge in [0.05, 0.1) is 11.6 Å². The standard InChI is InChI=1S/C13H13NO/c1-10(2)13(9-15)7-11-3-5-12(8-14)6-4-11/h3-7,9-10H,1-2H3/b13-7+. The van der Waals surface area contributed by atoms with Gasteiger partial charge in [0.15, 0.2) is 0 Å². The Labute approximate surface area is 89.9 Å². The predicted molar refractivity (Wildman–Crippen MR) is 60.0 cm³/mol. The zero-order chi connectivity index (χ0) is 11.3. The molecule has 76 valence electrons. The van der Waals surface area contributed by atoms with Crippen molar-refractivity contribution in [2.75, 3.05) is 0 Å². The summed E-state index contributed by atoms with van der Waals surface area (Å²) in [6.45, 7) is 3.95. The van der Waals surface area contributed by atoms with E-state index >= 15 is 0 Å². The van der Waals surface area contributed by atoms with Crippen LogP contribution in [0.1, 0.15) is 25.0 Å². The molecular formula is C13H13NO. The molecule has 0 aliphatic carbocycles. The molecular weight excluding hydrogens is 186 g/mol. The van der Waals surface area contributed by atoms with Gasteiger partial charge in [-0.1, -0.05) is 26.0 Å². The normalized spacial score (nSPS) is 11.2. The zero-order valence-corrected chi connectivity index (χ0v) is 8.90. The molecule has 0 aliphatic rings. The van der Waals surface area contributed by atoms with Gasteiger partial charge in [0.25, 0.3) is 0 Å². The highest BCUT2D eigenvalue weighted by atomic mass is 16.1. The number of nitrogens with zero attached hydrogens (tertiary/aromatic N) is 1. The maximum absolute atomic E-state index is 10.8. The fourth-order valence-electron chi connectivity index (χ4n) is 1.18. The van der Waals surface area contributed by atoms with E-state index in [0.717, 1.165) is 17.4 Å².